The predicted molar refractivity (Wildman–Crippen MR) is 90.2 cm³/mol. The summed E-state index contributed by atoms with van der Waals surface area (Å²) in [7, 11) is -3.81. The molecule has 3 rings (SSSR count). The number of sulfonamides is 1. The van der Waals surface area contributed by atoms with Gasteiger partial charge in [-0.1, -0.05) is 19.1 Å². The van der Waals surface area contributed by atoms with E-state index in [4.69, 9.17) is 4.74 Å². The van der Waals surface area contributed by atoms with E-state index in [0.29, 0.717) is 17.0 Å². The lowest BCUT2D eigenvalue weighted by molar-refractivity contribution is -0.118. The fourth-order valence-corrected chi connectivity index (χ4v) is 4.04. The number of benzene rings is 2. The van der Waals surface area contributed by atoms with Crippen LogP contribution in [-0.4, -0.2) is 31.8 Å². The van der Waals surface area contributed by atoms with E-state index < -0.39 is 15.8 Å². The minimum absolute atomic E-state index is 0.0373. The summed E-state index contributed by atoms with van der Waals surface area (Å²) >= 11 is 0. The van der Waals surface area contributed by atoms with Gasteiger partial charge < -0.3 is 10.1 Å². The van der Waals surface area contributed by atoms with E-state index in [0.717, 1.165) is 0 Å². The predicted octanol–water partition coefficient (Wildman–Crippen LogP) is 2.37. The Hall–Kier alpha value is -2.45. The summed E-state index contributed by atoms with van der Waals surface area (Å²) in [5, 5.41) is 2.59. The van der Waals surface area contributed by atoms with E-state index in [1.54, 1.807) is 13.0 Å². The molecule has 0 atom stereocenters. The second kappa shape index (κ2) is 6.81. The number of hydrogen-bond acceptors (Lipinski definition) is 4. The van der Waals surface area contributed by atoms with Gasteiger partial charge in [0, 0.05) is 13.1 Å². The molecule has 0 bridgehead atoms. The Morgan fingerprint density at radius 3 is 2.76 bits per heavy atom. The molecule has 8 heteroatoms. The van der Waals surface area contributed by atoms with Crippen molar-refractivity contribution in [2.24, 2.45) is 0 Å². The lowest BCUT2D eigenvalue weighted by Crippen LogP contribution is -2.31. The summed E-state index contributed by atoms with van der Waals surface area (Å²) in [6, 6.07) is 10.1. The van der Waals surface area contributed by atoms with Gasteiger partial charge in [0.05, 0.1) is 10.6 Å². The van der Waals surface area contributed by atoms with E-state index in [2.05, 4.69) is 5.32 Å². The van der Waals surface area contributed by atoms with Gasteiger partial charge >= 0.3 is 0 Å². The number of anilines is 1. The molecule has 0 fully saturated rings. The Bertz CT molecular complexity index is 915. The van der Waals surface area contributed by atoms with Crippen LogP contribution in [0.25, 0.3) is 0 Å². The molecule has 132 valence electrons. The highest BCUT2D eigenvalue weighted by Crippen LogP contribution is 2.31. The third-order valence-electron chi connectivity index (χ3n) is 3.82. The zero-order chi connectivity index (χ0) is 18.0. The van der Waals surface area contributed by atoms with E-state index in [9.17, 15) is 17.6 Å². The molecule has 1 amide bonds. The smallest absolute Gasteiger partial charge is 0.262 e. The van der Waals surface area contributed by atoms with E-state index in [-0.39, 0.29) is 30.5 Å². The van der Waals surface area contributed by atoms with Crippen molar-refractivity contribution in [3.05, 3.63) is 53.8 Å². The minimum Gasteiger partial charge on any atom is -0.482 e. The van der Waals surface area contributed by atoms with Crippen LogP contribution in [0.5, 0.6) is 5.75 Å². The molecule has 0 aliphatic carbocycles. The first-order valence-corrected chi connectivity index (χ1v) is 9.15. The first-order chi connectivity index (χ1) is 11.9. The maximum Gasteiger partial charge on any atom is 0.262 e. The van der Waals surface area contributed by atoms with Gasteiger partial charge in [-0.2, -0.15) is 4.31 Å². The lowest BCUT2D eigenvalue weighted by atomic mass is 10.2. The number of nitrogens with zero attached hydrogens (tertiary/aromatic N) is 1. The zero-order valence-electron chi connectivity index (χ0n) is 13.5. The molecule has 0 aromatic heterocycles. The average molecular weight is 364 g/mol. The van der Waals surface area contributed by atoms with E-state index in [1.807, 2.05) is 0 Å². The summed E-state index contributed by atoms with van der Waals surface area (Å²) in [5.74, 6) is -0.333. The maximum atomic E-state index is 13.3. The SMILES string of the molecule is CCN(Cc1cccc(F)c1)S(=O)(=O)c1ccc2c(c1)NC(=O)CO2. The molecule has 0 saturated carbocycles. The molecule has 25 heavy (non-hydrogen) atoms. The van der Waals surface area contributed by atoms with Gasteiger partial charge in [0.1, 0.15) is 11.6 Å². The molecular formula is C17H17FN2O4S. The Morgan fingerprint density at radius 2 is 2.04 bits per heavy atom. The monoisotopic (exact) mass is 364 g/mol. The van der Waals surface area contributed by atoms with Gasteiger partial charge in [-0.15, -0.1) is 0 Å². The number of hydrogen-bond donors (Lipinski definition) is 1. The fraction of sp³-hybridized carbons (Fsp3) is 0.235. The van der Waals surface area contributed by atoms with Crippen LogP contribution in [0.4, 0.5) is 10.1 Å². The van der Waals surface area contributed by atoms with Crippen LogP contribution in [0.2, 0.25) is 0 Å². The van der Waals surface area contributed by atoms with Gasteiger partial charge in [-0.05, 0) is 35.9 Å². The summed E-state index contributed by atoms with van der Waals surface area (Å²) in [6.07, 6.45) is 0. The van der Waals surface area contributed by atoms with Crippen LogP contribution in [0.15, 0.2) is 47.4 Å². The van der Waals surface area contributed by atoms with Crippen molar-refractivity contribution in [2.75, 3.05) is 18.5 Å². The number of amides is 1. The normalized spacial score (nSPS) is 14.0. The molecule has 0 unspecified atom stereocenters. The second-order valence-corrected chi connectivity index (χ2v) is 7.49. The Labute approximate surface area is 145 Å². The second-order valence-electron chi connectivity index (χ2n) is 5.56. The van der Waals surface area contributed by atoms with Crippen molar-refractivity contribution < 1.29 is 22.3 Å². The maximum absolute atomic E-state index is 13.3. The van der Waals surface area contributed by atoms with E-state index >= 15 is 0 Å². The first kappa shape index (κ1) is 17.4. The van der Waals surface area contributed by atoms with Crippen LogP contribution in [-0.2, 0) is 21.4 Å². The van der Waals surface area contributed by atoms with Crippen molar-refractivity contribution in [1.82, 2.24) is 4.31 Å². The van der Waals surface area contributed by atoms with Crippen molar-refractivity contribution in [1.29, 1.82) is 0 Å². The van der Waals surface area contributed by atoms with Crippen LogP contribution in [0.3, 0.4) is 0 Å². The summed E-state index contributed by atoms with van der Waals surface area (Å²) in [4.78, 5) is 11.5. The summed E-state index contributed by atoms with van der Waals surface area (Å²) in [5.41, 5.74) is 0.874. The van der Waals surface area contributed by atoms with Gasteiger partial charge in [0.25, 0.3) is 5.91 Å². The van der Waals surface area contributed by atoms with Gasteiger partial charge in [0.2, 0.25) is 10.0 Å². The number of ether oxygens (including phenoxy) is 1. The number of halogens is 1. The highest BCUT2D eigenvalue weighted by atomic mass is 32.2. The van der Waals surface area contributed by atoms with Crippen LogP contribution in [0.1, 0.15) is 12.5 Å². The van der Waals surface area contributed by atoms with Gasteiger partial charge in [0.15, 0.2) is 6.61 Å². The van der Waals surface area contributed by atoms with Crippen molar-refractivity contribution in [3.8, 4) is 5.75 Å². The molecule has 1 aliphatic rings. The molecule has 1 heterocycles. The third kappa shape index (κ3) is 3.64. The van der Waals surface area contributed by atoms with Crippen LogP contribution < -0.4 is 10.1 Å². The third-order valence-corrected chi connectivity index (χ3v) is 5.74. The van der Waals surface area contributed by atoms with Crippen molar-refractivity contribution in [3.63, 3.8) is 0 Å². The first-order valence-electron chi connectivity index (χ1n) is 7.71. The minimum atomic E-state index is -3.81. The fourth-order valence-electron chi connectivity index (χ4n) is 2.58. The molecule has 2 aromatic carbocycles. The number of carbonyl (C=O) groups is 1. The Balaban J connectivity index is 1.91. The van der Waals surface area contributed by atoms with Crippen LogP contribution >= 0.6 is 0 Å². The molecule has 0 saturated heterocycles. The highest BCUT2D eigenvalue weighted by Gasteiger charge is 2.26. The van der Waals surface area contributed by atoms with E-state index in [1.165, 1.54) is 40.7 Å². The quantitative estimate of drug-likeness (QED) is 0.884. The molecular weight excluding hydrogens is 347 g/mol. The van der Waals surface area contributed by atoms with Crippen molar-refractivity contribution in [2.45, 2.75) is 18.4 Å². The lowest BCUT2D eigenvalue weighted by Gasteiger charge is -2.23. The summed E-state index contributed by atoms with van der Waals surface area (Å²) < 4.78 is 45.6. The molecule has 0 spiro atoms. The standard InChI is InChI=1S/C17H17FN2O4S/c1-2-20(10-12-4-3-5-13(18)8-12)25(22,23)14-6-7-16-15(9-14)19-17(21)11-24-16/h3-9H,2,10-11H2,1H3,(H,19,21). The number of rotatable bonds is 5. The van der Waals surface area contributed by atoms with Crippen molar-refractivity contribution >= 4 is 21.6 Å². The summed E-state index contributed by atoms with van der Waals surface area (Å²) in [6.45, 7) is 1.88. The van der Waals surface area contributed by atoms with Crippen LogP contribution in [0, 0.1) is 5.82 Å². The Kier molecular flexibility index (Phi) is 4.73. The molecule has 1 aliphatic heterocycles. The number of fused-ring (bicyclic) bond motifs is 1. The van der Waals surface area contributed by atoms with Gasteiger partial charge in [-0.25, -0.2) is 12.8 Å². The topological polar surface area (TPSA) is 75.7 Å². The molecule has 0 radical (unpaired) electrons. The largest absolute Gasteiger partial charge is 0.482 e. The zero-order valence-corrected chi connectivity index (χ0v) is 14.3. The average Bonchev–Trinajstić information content (AvgIpc) is 2.58. The van der Waals surface area contributed by atoms with Gasteiger partial charge in [-0.3, -0.25) is 4.79 Å². The Morgan fingerprint density at radius 1 is 1.24 bits per heavy atom. The molecule has 6 nitrogen and oxygen atoms in total. The molecule has 2 aromatic rings. The molecule has 1 N–H and O–H groups in total. The number of carbonyl (C=O) groups excluding carboxylic acids is 1. The number of nitrogens with one attached hydrogen (secondary N) is 1. The highest BCUT2D eigenvalue weighted by molar-refractivity contribution is 7.89.